The third kappa shape index (κ3) is 2.63. The minimum atomic E-state index is -0.227. The van der Waals surface area contributed by atoms with Crippen molar-refractivity contribution >= 4 is 0 Å². The second-order valence-electron chi connectivity index (χ2n) is 4.44. The third-order valence-corrected chi connectivity index (χ3v) is 3.63. The zero-order valence-electron chi connectivity index (χ0n) is 10.4. The molecule has 1 rings (SSSR count). The lowest BCUT2D eigenvalue weighted by Gasteiger charge is -2.37. The van der Waals surface area contributed by atoms with Gasteiger partial charge in [-0.2, -0.15) is 0 Å². The maximum absolute atomic E-state index is 6.60. The van der Waals surface area contributed by atoms with Crippen molar-refractivity contribution in [2.75, 3.05) is 6.54 Å². The van der Waals surface area contributed by atoms with Gasteiger partial charge in [-0.1, -0.05) is 50.6 Å². The second-order valence-corrected chi connectivity index (χ2v) is 4.44. The molecule has 0 aliphatic rings. The maximum Gasteiger partial charge on any atom is 0.0435 e. The topological polar surface area (TPSA) is 52.0 Å². The zero-order valence-corrected chi connectivity index (χ0v) is 10.4. The van der Waals surface area contributed by atoms with Crippen LogP contribution in [-0.2, 0) is 5.54 Å². The van der Waals surface area contributed by atoms with Crippen molar-refractivity contribution in [2.45, 2.75) is 38.6 Å². The van der Waals surface area contributed by atoms with Crippen molar-refractivity contribution in [3.63, 3.8) is 0 Å². The van der Waals surface area contributed by atoms with Gasteiger partial charge in [0.25, 0.3) is 0 Å². The van der Waals surface area contributed by atoms with E-state index in [-0.39, 0.29) is 5.54 Å². The Bertz CT molecular complexity index is 297. The molecule has 0 spiro atoms. The van der Waals surface area contributed by atoms with Gasteiger partial charge in [0.15, 0.2) is 0 Å². The molecule has 2 atom stereocenters. The van der Waals surface area contributed by atoms with Gasteiger partial charge in [-0.05, 0) is 30.9 Å². The highest BCUT2D eigenvalue weighted by Crippen LogP contribution is 2.34. The van der Waals surface area contributed by atoms with Crippen LogP contribution < -0.4 is 11.5 Å². The van der Waals surface area contributed by atoms with E-state index >= 15 is 0 Å². The van der Waals surface area contributed by atoms with Crippen LogP contribution in [0, 0.1) is 5.92 Å². The van der Waals surface area contributed by atoms with Crippen LogP contribution in [0.1, 0.15) is 38.7 Å². The van der Waals surface area contributed by atoms with E-state index in [9.17, 15) is 0 Å². The Labute approximate surface area is 99.0 Å². The lowest BCUT2D eigenvalue weighted by Crippen LogP contribution is -2.44. The van der Waals surface area contributed by atoms with Gasteiger partial charge in [0.2, 0.25) is 0 Å². The number of rotatable bonds is 6. The van der Waals surface area contributed by atoms with E-state index < -0.39 is 0 Å². The van der Waals surface area contributed by atoms with Crippen molar-refractivity contribution in [3.05, 3.63) is 35.9 Å². The first kappa shape index (κ1) is 13.2. The van der Waals surface area contributed by atoms with E-state index in [0.717, 1.165) is 19.3 Å². The third-order valence-electron chi connectivity index (χ3n) is 3.63. The highest BCUT2D eigenvalue weighted by Gasteiger charge is 2.32. The van der Waals surface area contributed by atoms with Crippen molar-refractivity contribution < 1.29 is 0 Å². The first-order chi connectivity index (χ1) is 7.69. The van der Waals surface area contributed by atoms with Gasteiger partial charge in [0.05, 0.1) is 0 Å². The van der Waals surface area contributed by atoms with Crippen LogP contribution >= 0.6 is 0 Å². The fourth-order valence-corrected chi connectivity index (χ4v) is 2.50. The van der Waals surface area contributed by atoms with E-state index in [1.807, 2.05) is 6.07 Å². The molecular formula is C14H24N2. The Morgan fingerprint density at radius 1 is 1.19 bits per heavy atom. The summed E-state index contributed by atoms with van der Waals surface area (Å²) in [5.74, 6) is 0.463. The van der Waals surface area contributed by atoms with Crippen LogP contribution in [0.25, 0.3) is 0 Å². The predicted octanol–water partition coefficient (Wildman–Crippen LogP) is 2.63. The smallest absolute Gasteiger partial charge is 0.0435 e. The summed E-state index contributed by atoms with van der Waals surface area (Å²) in [5.41, 5.74) is 13.3. The quantitative estimate of drug-likeness (QED) is 0.774. The Kier molecular flexibility index (Phi) is 4.97. The molecule has 2 nitrogen and oxygen atoms in total. The van der Waals surface area contributed by atoms with Gasteiger partial charge < -0.3 is 11.5 Å². The summed E-state index contributed by atoms with van der Waals surface area (Å²) in [4.78, 5) is 0. The van der Waals surface area contributed by atoms with E-state index in [1.54, 1.807) is 0 Å². The van der Waals surface area contributed by atoms with Gasteiger partial charge in [0.1, 0.15) is 0 Å². The molecule has 0 radical (unpaired) electrons. The largest absolute Gasteiger partial charge is 0.330 e. The number of hydrogen-bond acceptors (Lipinski definition) is 2. The van der Waals surface area contributed by atoms with Gasteiger partial charge in [-0.25, -0.2) is 0 Å². The first-order valence-corrected chi connectivity index (χ1v) is 6.23. The van der Waals surface area contributed by atoms with E-state index in [4.69, 9.17) is 11.5 Å². The molecule has 0 bridgehead atoms. The Balaban J connectivity index is 3.00. The average molecular weight is 220 g/mol. The normalized spacial score (nSPS) is 16.8. The van der Waals surface area contributed by atoms with Crippen LogP contribution in [-0.4, -0.2) is 6.54 Å². The number of nitrogens with two attached hydrogens (primary N) is 2. The molecule has 0 amide bonds. The number of hydrogen-bond donors (Lipinski definition) is 2. The highest BCUT2D eigenvalue weighted by molar-refractivity contribution is 5.24. The summed E-state index contributed by atoms with van der Waals surface area (Å²) in [7, 11) is 0. The first-order valence-electron chi connectivity index (χ1n) is 6.23. The molecule has 0 heterocycles. The second kappa shape index (κ2) is 6.02. The molecule has 4 N–H and O–H groups in total. The molecule has 2 heteroatoms. The zero-order chi connectivity index (χ0) is 12.0. The molecule has 2 unspecified atom stereocenters. The fraction of sp³-hybridized carbons (Fsp3) is 0.571. The molecule has 16 heavy (non-hydrogen) atoms. The Morgan fingerprint density at radius 3 is 2.25 bits per heavy atom. The monoisotopic (exact) mass is 220 g/mol. The molecule has 0 saturated carbocycles. The SMILES string of the molecule is CCC(CCN)C(N)(CC)c1ccccc1. The molecule has 0 fully saturated rings. The van der Waals surface area contributed by atoms with Gasteiger partial charge in [-0.3, -0.25) is 0 Å². The molecule has 1 aromatic rings. The molecule has 0 saturated heterocycles. The van der Waals surface area contributed by atoms with Crippen LogP contribution in [0.2, 0.25) is 0 Å². The van der Waals surface area contributed by atoms with Crippen LogP contribution in [0.3, 0.4) is 0 Å². The molecule has 90 valence electrons. The Morgan fingerprint density at radius 2 is 1.81 bits per heavy atom. The molecular weight excluding hydrogens is 196 g/mol. The summed E-state index contributed by atoms with van der Waals surface area (Å²) in [5, 5.41) is 0. The molecule has 0 aliphatic carbocycles. The van der Waals surface area contributed by atoms with E-state index in [2.05, 4.69) is 38.1 Å². The van der Waals surface area contributed by atoms with Crippen molar-refractivity contribution in [2.24, 2.45) is 17.4 Å². The van der Waals surface area contributed by atoms with Crippen molar-refractivity contribution in [1.29, 1.82) is 0 Å². The van der Waals surface area contributed by atoms with Gasteiger partial charge in [0, 0.05) is 5.54 Å². The van der Waals surface area contributed by atoms with Crippen LogP contribution in [0.5, 0.6) is 0 Å². The maximum atomic E-state index is 6.60. The summed E-state index contributed by atoms with van der Waals surface area (Å²) in [6.45, 7) is 5.07. The lowest BCUT2D eigenvalue weighted by atomic mass is 9.74. The highest BCUT2D eigenvalue weighted by atomic mass is 14.8. The Hall–Kier alpha value is -0.860. The van der Waals surface area contributed by atoms with Crippen molar-refractivity contribution in [1.82, 2.24) is 0 Å². The summed E-state index contributed by atoms with van der Waals surface area (Å²) in [6.07, 6.45) is 3.03. The average Bonchev–Trinajstić information content (AvgIpc) is 2.36. The van der Waals surface area contributed by atoms with E-state index in [0.29, 0.717) is 12.5 Å². The summed E-state index contributed by atoms with van der Waals surface area (Å²) < 4.78 is 0. The van der Waals surface area contributed by atoms with Crippen LogP contribution in [0.15, 0.2) is 30.3 Å². The van der Waals surface area contributed by atoms with Gasteiger partial charge >= 0.3 is 0 Å². The minimum Gasteiger partial charge on any atom is -0.330 e. The van der Waals surface area contributed by atoms with Gasteiger partial charge in [-0.15, -0.1) is 0 Å². The minimum absolute atomic E-state index is 0.227. The standard InChI is InChI=1S/C14H24N2/c1-3-12(10-11-15)14(16,4-2)13-8-6-5-7-9-13/h5-9,12H,3-4,10-11,15-16H2,1-2H3. The molecule has 0 aliphatic heterocycles. The van der Waals surface area contributed by atoms with Crippen molar-refractivity contribution in [3.8, 4) is 0 Å². The molecule has 1 aromatic carbocycles. The summed E-state index contributed by atoms with van der Waals surface area (Å²) in [6, 6.07) is 10.4. The lowest BCUT2D eigenvalue weighted by molar-refractivity contribution is 0.244. The number of benzene rings is 1. The summed E-state index contributed by atoms with van der Waals surface area (Å²) >= 11 is 0. The van der Waals surface area contributed by atoms with E-state index in [1.165, 1.54) is 5.56 Å². The predicted molar refractivity (Wildman–Crippen MR) is 70.1 cm³/mol. The van der Waals surface area contributed by atoms with Crippen LogP contribution in [0.4, 0.5) is 0 Å². The fourth-order valence-electron chi connectivity index (χ4n) is 2.50. The molecule has 0 aromatic heterocycles.